The second kappa shape index (κ2) is 12.5. The first-order valence-corrected chi connectivity index (χ1v) is 14.1. The minimum absolute atomic E-state index is 0.00373. The van der Waals surface area contributed by atoms with Crippen molar-refractivity contribution in [3.05, 3.63) is 53.6 Å². The predicted molar refractivity (Wildman–Crippen MR) is 144 cm³/mol. The van der Waals surface area contributed by atoms with E-state index >= 15 is 0 Å². The van der Waals surface area contributed by atoms with Crippen LogP contribution >= 0.6 is 11.8 Å². The third-order valence-electron chi connectivity index (χ3n) is 7.51. The molecule has 202 valence electrons. The fraction of sp³-hybridized carbons (Fsp3) is 0.586. The van der Waals surface area contributed by atoms with Gasteiger partial charge in [0.2, 0.25) is 0 Å². The summed E-state index contributed by atoms with van der Waals surface area (Å²) in [7, 11) is 3.27. The van der Waals surface area contributed by atoms with Crippen molar-refractivity contribution in [1.29, 1.82) is 0 Å². The van der Waals surface area contributed by atoms with Gasteiger partial charge in [-0.1, -0.05) is 48.5 Å². The van der Waals surface area contributed by atoms with Gasteiger partial charge in [-0.3, -0.25) is 4.79 Å². The molecule has 3 aliphatic heterocycles. The predicted octanol–water partition coefficient (Wildman–Crippen LogP) is 5.88. The average molecular weight is 530 g/mol. The molecule has 1 aromatic carbocycles. The normalized spacial score (nSPS) is 33.7. The first-order chi connectivity index (χ1) is 17.8. The van der Waals surface area contributed by atoms with Gasteiger partial charge in [-0.15, -0.1) is 0 Å². The fourth-order valence-electron chi connectivity index (χ4n) is 5.39. The Morgan fingerprint density at radius 3 is 2.65 bits per heavy atom. The van der Waals surface area contributed by atoms with Crippen LogP contribution in [-0.4, -0.2) is 60.1 Å². The SMILES string of the molecule is COc1ccc(CN2C(=O)SC[C@H]2[C@@]2(OC)C[C@H]3C[C@@H](CC[C@H](C)/C=C\CC/C(C)=C\C(=O)O3)O2)cc1. The van der Waals surface area contributed by atoms with Gasteiger partial charge in [0, 0.05) is 38.3 Å². The quantitative estimate of drug-likeness (QED) is 0.348. The molecule has 2 fully saturated rings. The van der Waals surface area contributed by atoms with Crippen LogP contribution in [0.25, 0.3) is 0 Å². The summed E-state index contributed by atoms with van der Waals surface area (Å²) in [5.74, 6) is 0.357. The standard InChI is InChI=1S/C29H39NO6S/c1-20-7-5-6-8-21(2)15-27(31)35-25-16-24(12-9-20)36-29(17-25,34-4)26-19-37-28(32)30(26)18-22-10-13-23(33-3)14-11-22/h5,7,10-11,13-15,20,24-26H,6,8-9,12,16-19H2,1-4H3/b7-5-,21-15-/t20-,24-,25-,26+,29-/m1/s1. The van der Waals surface area contributed by atoms with Crippen LogP contribution in [0.4, 0.5) is 4.79 Å². The molecule has 2 saturated heterocycles. The Kier molecular flexibility index (Phi) is 9.37. The molecular formula is C29H39NO6S. The smallest absolute Gasteiger partial charge is 0.330 e. The summed E-state index contributed by atoms with van der Waals surface area (Å²) in [4.78, 5) is 27.6. The van der Waals surface area contributed by atoms with Crippen molar-refractivity contribution in [3.8, 4) is 5.75 Å². The van der Waals surface area contributed by atoms with E-state index in [4.69, 9.17) is 18.9 Å². The zero-order valence-electron chi connectivity index (χ0n) is 22.3. The maximum atomic E-state index is 13.0. The minimum Gasteiger partial charge on any atom is -0.497 e. The molecule has 37 heavy (non-hydrogen) atoms. The second-order valence-electron chi connectivity index (χ2n) is 10.3. The number of hydrogen-bond donors (Lipinski definition) is 0. The Morgan fingerprint density at radius 1 is 1.14 bits per heavy atom. The van der Waals surface area contributed by atoms with Gasteiger partial charge in [0.25, 0.3) is 5.24 Å². The number of ether oxygens (including phenoxy) is 4. The van der Waals surface area contributed by atoms with E-state index in [0.717, 1.165) is 42.6 Å². The number of esters is 1. The van der Waals surface area contributed by atoms with Gasteiger partial charge in [0.1, 0.15) is 11.9 Å². The molecular weight excluding hydrogens is 490 g/mol. The topological polar surface area (TPSA) is 74.3 Å². The maximum absolute atomic E-state index is 13.0. The number of nitrogens with zero attached hydrogens (tertiary/aromatic N) is 1. The molecule has 0 spiro atoms. The number of allylic oxidation sites excluding steroid dienone is 3. The number of amides is 1. The Morgan fingerprint density at radius 2 is 1.92 bits per heavy atom. The van der Waals surface area contributed by atoms with Crippen molar-refractivity contribution >= 4 is 23.0 Å². The van der Waals surface area contributed by atoms with E-state index in [2.05, 4.69) is 19.1 Å². The first kappa shape index (κ1) is 27.7. The number of rotatable bonds is 5. The Bertz CT molecular complexity index is 1010. The van der Waals surface area contributed by atoms with Gasteiger partial charge in [0.05, 0.1) is 19.3 Å². The highest BCUT2D eigenvalue weighted by atomic mass is 32.2. The van der Waals surface area contributed by atoms with Crippen LogP contribution in [0.15, 0.2) is 48.1 Å². The summed E-state index contributed by atoms with van der Waals surface area (Å²) in [6.07, 6.45) is 10.1. The van der Waals surface area contributed by atoms with E-state index in [1.165, 1.54) is 11.8 Å². The molecule has 8 heteroatoms. The lowest BCUT2D eigenvalue weighted by atomic mass is 9.89. The molecule has 2 bridgehead atoms. The maximum Gasteiger partial charge on any atom is 0.330 e. The number of benzene rings is 1. The summed E-state index contributed by atoms with van der Waals surface area (Å²) < 4.78 is 24.1. The third-order valence-corrected chi connectivity index (χ3v) is 8.47. The highest BCUT2D eigenvalue weighted by Gasteiger charge is 2.54. The second-order valence-corrected chi connectivity index (χ2v) is 11.3. The van der Waals surface area contributed by atoms with Crippen molar-refractivity contribution in [3.63, 3.8) is 0 Å². The van der Waals surface area contributed by atoms with Crippen molar-refractivity contribution in [2.45, 2.75) is 83.0 Å². The summed E-state index contributed by atoms with van der Waals surface area (Å²) in [5.41, 5.74) is 2.00. The van der Waals surface area contributed by atoms with Gasteiger partial charge in [-0.05, 0) is 56.2 Å². The number of thioether (sulfide) groups is 1. The molecule has 0 N–H and O–H groups in total. The van der Waals surface area contributed by atoms with Crippen molar-refractivity contribution in [1.82, 2.24) is 4.90 Å². The Labute approximate surface area is 224 Å². The average Bonchev–Trinajstić information content (AvgIpc) is 3.25. The molecule has 0 saturated carbocycles. The van der Waals surface area contributed by atoms with Gasteiger partial charge in [0.15, 0.2) is 5.79 Å². The van der Waals surface area contributed by atoms with Crippen LogP contribution in [-0.2, 0) is 25.5 Å². The van der Waals surface area contributed by atoms with Crippen LogP contribution in [0.2, 0.25) is 0 Å². The summed E-state index contributed by atoms with van der Waals surface area (Å²) >= 11 is 1.28. The van der Waals surface area contributed by atoms with Crippen molar-refractivity contribution in [2.75, 3.05) is 20.0 Å². The summed E-state index contributed by atoms with van der Waals surface area (Å²) in [6, 6.07) is 7.41. The molecule has 0 radical (unpaired) electrons. The zero-order chi connectivity index (χ0) is 26.4. The summed E-state index contributed by atoms with van der Waals surface area (Å²) in [5, 5.41) is -0.00373. The molecule has 3 aliphatic rings. The number of methoxy groups -OCH3 is 2. The van der Waals surface area contributed by atoms with Crippen molar-refractivity contribution in [2.24, 2.45) is 5.92 Å². The molecule has 5 atom stereocenters. The van der Waals surface area contributed by atoms with E-state index in [-0.39, 0.29) is 29.5 Å². The van der Waals surface area contributed by atoms with Gasteiger partial charge < -0.3 is 23.8 Å². The highest BCUT2D eigenvalue weighted by Crippen LogP contribution is 2.43. The van der Waals surface area contributed by atoms with Crippen molar-refractivity contribution < 1.29 is 28.5 Å². The number of carbonyl (C=O) groups is 2. The van der Waals surface area contributed by atoms with E-state index in [9.17, 15) is 9.59 Å². The van der Waals surface area contributed by atoms with Crippen LogP contribution in [0.1, 0.15) is 57.9 Å². The lowest BCUT2D eigenvalue weighted by Crippen LogP contribution is -2.60. The summed E-state index contributed by atoms with van der Waals surface area (Å²) in [6.45, 7) is 4.63. The van der Waals surface area contributed by atoms with E-state index in [1.54, 1.807) is 20.3 Å². The molecule has 0 aliphatic carbocycles. The first-order valence-electron chi connectivity index (χ1n) is 13.2. The van der Waals surface area contributed by atoms with Crippen LogP contribution < -0.4 is 4.74 Å². The molecule has 1 aromatic rings. The Hall–Kier alpha value is -2.29. The van der Waals surface area contributed by atoms with Gasteiger partial charge in [-0.2, -0.15) is 0 Å². The Balaban J connectivity index is 1.59. The van der Waals surface area contributed by atoms with E-state index < -0.39 is 5.79 Å². The molecule has 0 aromatic heterocycles. The fourth-order valence-corrected chi connectivity index (χ4v) is 6.49. The van der Waals surface area contributed by atoms with Crippen LogP contribution in [0, 0.1) is 5.92 Å². The van der Waals surface area contributed by atoms with Gasteiger partial charge >= 0.3 is 5.97 Å². The lowest BCUT2D eigenvalue weighted by Gasteiger charge is -2.48. The monoisotopic (exact) mass is 529 g/mol. The molecule has 3 heterocycles. The van der Waals surface area contributed by atoms with Gasteiger partial charge in [-0.25, -0.2) is 4.79 Å². The largest absolute Gasteiger partial charge is 0.497 e. The zero-order valence-corrected chi connectivity index (χ0v) is 23.1. The molecule has 4 rings (SSSR count). The highest BCUT2D eigenvalue weighted by molar-refractivity contribution is 8.13. The molecule has 7 nitrogen and oxygen atoms in total. The number of hydrogen-bond acceptors (Lipinski definition) is 7. The minimum atomic E-state index is -1.06. The molecule has 1 amide bonds. The number of fused-ring (bicyclic) bond motifs is 2. The van der Waals surface area contributed by atoms with Crippen LogP contribution in [0.3, 0.4) is 0 Å². The van der Waals surface area contributed by atoms with E-state index in [1.807, 2.05) is 36.1 Å². The molecule has 0 unspecified atom stereocenters. The van der Waals surface area contributed by atoms with E-state index in [0.29, 0.717) is 31.1 Å². The van der Waals surface area contributed by atoms with Crippen LogP contribution in [0.5, 0.6) is 5.75 Å². The third kappa shape index (κ3) is 6.98. The lowest BCUT2D eigenvalue weighted by molar-refractivity contribution is -0.305. The number of carbonyl (C=O) groups excluding carboxylic acids is 2.